The number of hydrogen-bond donors (Lipinski definition) is 0. The van der Waals surface area contributed by atoms with Crippen LogP contribution in [0, 0.1) is 12.8 Å². The monoisotopic (exact) mass is 158 g/mol. The summed E-state index contributed by atoms with van der Waals surface area (Å²) in [6.45, 7) is 2.19. The maximum atomic E-state index is 2.37. The number of rotatable bonds is 1. The van der Waals surface area contributed by atoms with Crippen LogP contribution in [0.3, 0.4) is 0 Å². The Morgan fingerprint density at radius 1 is 1.42 bits per heavy atom. The SMILES string of the molecule is Cc1cccc(C23CCC2C3)c1. The Morgan fingerprint density at radius 3 is 2.83 bits per heavy atom. The van der Waals surface area contributed by atoms with E-state index in [0.717, 1.165) is 5.92 Å². The van der Waals surface area contributed by atoms with Gasteiger partial charge in [0.25, 0.3) is 0 Å². The van der Waals surface area contributed by atoms with E-state index in [0.29, 0.717) is 5.41 Å². The Kier molecular flexibility index (Phi) is 1.08. The van der Waals surface area contributed by atoms with Gasteiger partial charge in [-0.3, -0.25) is 0 Å². The molecular weight excluding hydrogens is 144 g/mol. The van der Waals surface area contributed by atoms with Crippen molar-refractivity contribution in [2.75, 3.05) is 0 Å². The third-order valence-corrected chi connectivity index (χ3v) is 3.76. The number of aryl methyl sites for hydroxylation is 1. The van der Waals surface area contributed by atoms with Gasteiger partial charge in [-0.15, -0.1) is 0 Å². The Hall–Kier alpha value is -0.780. The molecule has 0 N–H and O–H groups in total. The fraction of sp³-hybridized carbons (Fsp3) is 0.500. The summed E-state index contributed by atoms with van der Waals surface area (Å²) in [5.74, 6) is 1.05. The Balaban J connectivity index is 2.02. The maximum Gasteiger partial charge on any atom is -0.00153 e. The lowest BCUT2D eigenvalue weighted by Gasteiger charge is -2.26. The first-order chi connectivity index (χ1) is 5.81. The van der Waals surface area contributed by atoms with Crippen molar-refractivity contribution in [3.8, 4) is 0 Å². The van der Waals surface area contributed by atoms with Gasteiger partial charge in [0.15, 0.2) is 0 Å². The van der Waals surface area contributed by atoms with Gasteiger partial charge >= 0.3 is 0 Å². The summed E-state index contributed by atoms with van der Waals surface area (Å²) in [6.07, 6.45) is 4.39. The molecule has 0 spiro atoms. The van der Waals surface area contributed by atoms with Crippen LogP contribution in [-0.4, -0.2) is 0 Å². The van der Waals surface area contributed by atoms with Crippen molar-refractivity contribution in [2.24, 2.45) is 5.92 Å². The van der Waals surface area contributed by atoms with Crippen molar-refractivity contribution in [3.05, 3.63) is 35.4 Å². The smallest absolute Gasteiger partial charge is 0.00153 e. The van der Waals surface area contributed by atoms with Crippen LogP contribution in [0.1, 0.15) is 30.4 Å². The van der Waals surface area contributed by atoms with Gasteiger partial charge in [-0.2, -0.15) is 0 Å². The molecule has 0 heteroatoms. The zero-order valence-electron chi connectivity index (χ0n) is 7.51. The molecule has 0 heterocycles. The summed E-state index contributed by atoms with van der Waals surface area (Å²) in [7, 11) is 0. The topological polar surface area (TPSA) is 0 Å². The van der Waals surface area contributed by atoms with Crippen LogP contribution in [-0.2, 0) is 5.41 Å². The molecule has 2 saturated carbocycles. The van der Waals surface area contributed by atoms with Crippen molar-refractivity contribution in [2.45, 2.75) is 31.6 Å². The van der Waals surface area contributed by atoms with Gasteiger partial charge in [-0.25, -0.2) is 0 Å². The van der Waals surface area contributed by atoms with Crippen LogP contribution in [0.4, 0.5) is 0 Å². The zero-order valence-corrected chi connectivity index (χ0v) is 7.51. The Bertz CT molecular complexity index is 323. The standard InChI is InChI=1S/C12H14/c1-9-3-2-4-10(7-9)12-6-5-11(12)8-12/h2-4,7,11H,5-6,8H2,1H3. The molecule has 0 bridgehead atoms. The van der Waals surface area contributed by atoms with E-state index in [4.69, 9.17) is 0 Å². The second-order valence-electron chi connectivity index (χ2n) is 4.47. The molecule has 2 atom stereocenters. The quantitative estimate of drug-likeness (QED) is 0.589. The molecule has 0 amide bonds. The highest BCUT2D eigenvalue weighted by atomic mass is 14.6. The highest BCUT2D eigenvalue weighted by Crippen LogP contribution is 2.68. The third kappa shape index (κ3) is 0.682. The molecular formula is C12H14. The van der Waals surface area contributed by atoms with E-state index < -0.39 is 0 Å². The molecule has 0 nitrogen and oxygen atoms in total. The summed E-state index contributed by atoms with van der Waals surface area (Å²) < 4.78 is 0. The van der Waals surface area contributed by atoms with Crippen LogP contribution in [0.25, 0.3) is 0 Å². The Labute approximate surface area is 73.6 Å². The van der Waals surface area contributed by atoms with E-state index in [1.807, 2.05) is 0 Å². The van der Waals surface area contributed by atoms with Crippen molar-refractivity contribution in [1.82, 2.24) is 0 Å². The lowest BCUT2D eigenvalue weighted by molar-refractivity contribution is 0.400. The second kappa shape index (κ2) is 1.93. The van der Waals surface area contributed by atoms with Gasteiger partial charge in [-0.1, -0.05) is 29.8 Å². The normalized spacial score (nSPS) is 36.9. The number of hydrogen-bond acceptors (Lipinski definition) is 0. The first kappa shape index (κ1) is 6.71. The molecule has 1 aromatic rings. The summed E-state index contributed by atoms with van der Waals surface area (Å²) in [5, 5.41) is 0. The first-order valence-corrected chi connectivity index (χ1v) is 4.88. The average molecular weight is 158 g/mol. The third-order valence-electron chi connectivity index (χ3n) is 3.76. The lowest BCUT2D eigenvalue weighted by Crippen LogP contribution is -2.18. The van der Waals surface area contributed by atoms with Gasteiger partial charge in [0.2, 0.25) is 0 Å². The lowest BCUT2D eigenvalue weighted by atomic mass is 9.79. The Morgan fingerprint density at radius 2 is 2.33 bits per heavy atom. The molecule has 2 unspecified atom stereocenters. The summed E-state index contributed by atoms with van der Waals surface area (Å²) in [5.41, 5.74) is 3.70. The van der Waals surface area contributed by atoms with Gasteiger partial charge in [0.05, 0.1) is 0 Å². The van der Waals surface area contributed by atoms with Crippen molar-refractivity contribution >= 4 is 0 Å². The minimum atomic E-state index is 0.673. The molecule has 0 saturated heterocycles. The van der Waals surface area contributed by atoms with Gasteiger partial charge in [0, 0.05) is 0 Å². The highest BCUT2D eigenvalue weighted by Gasteiger charge is 2.61. The zero-order chi connectivity index (χ0) is 8.18. The fourth-order valence-corrected chi connectivity index (χ4v) is 2.73. The maximum absolute atomic E-state index is 2.37. The van der Waals surface area contributed by atoms with Crippen LogP contribution in [0.5, 0.6) is 0 Å². The van der Waals surface area contributed by atoms with Crippen molar-refractivity contribution in [1.29, 1.82) is 0 Å². The highest BCUT2D eigenvalue weighted by molar-refractivity contribution is 5.39. The molecule has 2 fully saturated rings. The predicted molar refractivity (Wildman–Crippen MR) is 50.2 cm³/mol. The van der Waals surface area contributed by atoms with Crippen molar-refractivity contribution < 1.29 is 0 Å². The van der Waals surface area contributed by atoms with E-state index in [9.17, 15) is 0 Å². The molecule has 2 aliphatic rings. The van der Waals surface area contributed by atoms with Gasteiger partial charge in [-0.05, 0) is 43.1 Å². The largest absolute Gasteiger partial charge is 0.0617 e. The van der Waals surface area contributed by atoms with Crippen molar-refractivity contribution in [3.63, 3.8) is 0 Å². The first-order valence-electron chi connectivity index (χ1n) is 4.88. The van der Waals surface area contributed by atoms with Gasteiger partial charge in [0.1, 0.15) is 0 Å². The molecule has 0 aliphatic heterocycles. The summed E-state index contributed by atoms with van der Waals surface area (Å²) >= 11 is 0. The van der Waals surface area contributed by atoms with E-state index in [2.05, 4.69) is 31.2 Å². The van der Waals surface area contributed by atoms with E-state index in [-0.39, 0.29) is 0 Å². The molecule has 0 radical (unpaired) electrons. The van der Waals surface area contributed by atoms with Crippen LogP contribution in [0.15, 0.2) is 24.3 Å². The summed E-state index contributed by atoms with van der Waals surface area (Å²) in [6, 6.07) is 9.08. The minimum Gasteiger partial charge on any atom is -0.0617 e. The molecule has 2 aliphatic carbocycles. The molecule has 0 aromatic heterocycles. The summed E-state index contributed by atoms with van der Waals surface area (Å²) in [4.78, 5) is 0. The van der Waals surface area contributed by atoms with Crippen LogP contribution < -0.4 is 0 Å². The predicted octanol–water partition coefficient (Wildman–Crippen LogP) is 3.05. The molecule has 62 valence electrons. The average Bonchev–Trinajstić information content (AvgIpc) is 2.55. The number of benzene rings is 1. The fourth-order valence-electron chi connectivity index (χ4n) is 2.73. The van der Waals surface area contributed by atoms with Crippen LogP contribution in [0.2, 0.25) is 0 Å². The molecule has 3 rings (SSSR count). The van der Waals surface area contributed by atoms with E-state index in [1.165, 1.54) is 24.8 Å². The second-order valence-corrected chi connectivity index (χ2v) is 4.47. The minimum absolute atomic E-state index is 0.673. The van der Waals surface area contributed by atoms with Crippen LogP contribution >= 0.6 is 0 Å². The number of fused-ring (bicyclic) bond motifs is 1. The van der Waals surface area contributed by atoms with Gasteiger partial charge < -0.3 is 0 Å². The molecule has 1 aromatic carbocycles. The van der Waals surface area contributed by atoms with E-state index in [1.54, 1.807) is 5.56 Å². The van der Waals surface area contributed by atoms with E-state index >= 15 is 0 Å². The molecule has 12 heavy (non-hydrogen) atoms.